The molecule has 0 aliphatic heterocycles. The van der Waals surface area contributed by atoms with Crippen LogP contribution in [0, 0.1) is 0 Å². The average Bonchev–Trinajstić information content (AvgIpc) is 1.97. The van der Waals surface area contributed by atoms with Crippen LogP contribution in [-0.2, 0) is 9.53 Å². The van der Waals surface area contributed by atoms with Gasteiger partial charge in [0.1, 0.15) is 0 Å². The van der Waals surface area contributed by atoms with Gasteiger partial charge in [0.25, 0.3) is 0 Å². The van der Waals surface area contributed by atoms with Gasteiger partial charge >= 0.3 is 5.97 Å². The fraction of sp³-hybridized carbons (Fsp3) is 0.875. The molecule has 0 fully saturated rings. The lowest BCUT2D eigenvalue weighted by atomic mass is 10.4. The minimum Gasteiger partial charge on any atom is -0.466 e. The largest absolute Gasteiger partial charge is 0.466 e. The average molecular weight is 159 g/mol. The molecule has 0 rings (SSSR count). The lowest BCUT2D eigenvalue weighted by Gasteiger charge is -2.12. The molecule has 0 aromatic rings. The van der Waals surface area contributed by atoms with Crippen LogP contribution in [0.2, 0.25) is 0 Å². The third kappa shape index (κ3) is 7.33. The highest BCUT2D eigenvalue weighted by Gasteiger charge is 1.95. The molecule has 0 saturated carbocycles. The van der Waals surface area contributed by atoms with Crippen molar-refractivity contribution in [2.75, 3.05) is 26.7 Å². The van der Waals surface area contributed by atoms with Gasteiger partial charge in [-0.2, -0.15) is 0 Å². The lowest BCUT2D eigenvalue weighted by molar-refractivity contribution is -0.141. The van der Waals surface area contributed by atoms with E-state index in [-0.39, 0.29) is 5.97 Å². The molecule has 0 unspecified atom stereocenters. The first-order valence-electron chi connectivity index (χ1n) is 3.98. The van der Waals surface area contributed by atoms with Crippen molar-refractivity contribution in [2.45, 2.75) is 20.3 Å². The van der Waals surface area contributed by atoms with Crippen molar-refractivity contribution in [2.24, 2.45) is 0 Å². The van der Waals surface area contributed by atoms with Crippen LogP contribution in [0.5, 0.6) is 0 Å². The Hall–Kier alpha value is -0.570. The molecule has 0 aliphatic carbocycles. The highest BCUT2D eigenvalue weighted by molar-refractivity contribution is 5.65. The Labute approximate surface area is 68.3 Å². The zero-order valence-corrected chi connectivity index (χ0v) is 7.59. The molecule has 0 radical (unpaired) electrons. The van der Waals surface area contributed by atoms with Crippen molar-refractivity contribution in [1.29, 1.82) is 0 Å². The van der Waals surface area contributed by atoms with Crippen LogP contribution in [0.1, 0.15) is 20.3 Å². The summed E-state index contributed by atoms with van der Waals surface area (Å²) in [4.78, 5) is 12.5. The molecule has 0 aliphatic rings. The van der Waals surface area contributed by atoms with Gasteiger partial charge in [0, 0.05) is 13.5 Å². The normalized spacial score (nSPS) is 10.2. The van der Waals surface area contributed by atoms with Crippen molar-refractivity contribution in [1.82, 2.24) is 4.90 Å². The van der Waals surface area contributed by atoms with Crippen LogP contribution < -0.4 is 0 Å². The quantitative estimate of drug-likeness (QED) is 0.441. The van der Waals surface area contributed by atoms with Gasteiger partial charge in [-0.15, -0.1) is 0 Å². The van der Waals surface area contributed by atoms with Crippen molar-refractivity contribution in [3.05, 3.63) is 0 Å². The Balaban J connectivity index is 3.08. The van der Waals surface area contributed by atoms with Gasteiger partial charge in [-0.3, -0.25) is 4.79 Å². The molecule has 0 bridgehead atoms. The van der Waals surface area contributed by atoms with E-state index in [0.29, 0.717) is 6.61 Å². The SMILES string of the molecule is CCN(C)CCCOC(C)=O. The minimum absolute atomic E-state index is 0.191. The van der Waals surface area contributed by atoms with E-state index < -0.39 is 0 Å². The molecule has 0 saturated heterocycles. The highest BCUT2D eigenvalue weighted by Crippen LogP contribution is 1.87. The van der Waals surface area contributed by atoms with E-state index in [9.17, 15) is 4.79 Å². The zero-order chi connectivity index (χ0) is 8.69. The number of carbonyl (C=O) groups excluding carboxylic acids is 1. The second kappa shape index (κ2) is 6.16. The van der Waals surface area contributed by atoms with Crippen molar-refractivity contribution >= 4 is 5.97 Å². The standard InChI is InChI=1S/C8H17NO2/c1-4-9(3)6-5-7-11-8(2)10/h4-7H2,1-3H3. The number of ether oxygens (including phenoxy) is 1. The molecule has 0 aromatic heterocycles. The van der Waals surface area contributed by atoms with Gasteiger partial charge in [0.2, 0.25) is 0 Å². The predicted molar refractivity (Wildman–Crippen MR) is 44.4 cm³/mol. The molecule has 0 aromatic carbocycles. The molecule has 3 nitrogen and oxygen atoms in total. The first kappa shape index (κ1) is 10.4. The van der Waals surface area contributed by atoms with Gasteiger partial charge in [0.15, 0.2) is 0 Å². The molecule has 0 heterocycles. The Morgan fingerprint density at radius 2 is 2.18 bits per heavy atom. The van der Waals surface area contributed by atoms with Crippen molar-refractivity contribution in [3.63, 3.8) is 0 Å². The number of carbonyl (C=O) groups is 1. The van der Waals surface area contributed by atoms with Gasteiger partial charge in [-0.25, -0.2) is 0 Å². The summed E-state index contributed by atoms with van der Waals surface area (Å²) in [5, 5.41) is 0. The Bertz CT molecular complexity index is 115. The predicted octanol–water partition coefficient (Wildman–Crippen LogP) is 0.891. The van der Waals surface area contributed by atoms with Crippen LogP contribution in [0.25, 0.3) is 0 Å². The number of esters is 1. The summed E-state index contributed by atoms with van der Waals surface area (Å²) in [6.07, 6.45) is 0.921. The van der Waals surface area contributed by atoms with E-state index in [1.165, 1.54) is 6.92 Å². The Morgan fingerprint density at radius 1 is 1.55 bits per heavy atom. The van der Waals surface area contributed by atoms with Gasteiger partial charge in [-0.05, 0) is 20.0 Å². The monoisotopic (exact) mass is 159 g/mol. The molecule has 66 valence electrons. The van der Waals surface area contributed by atoms with Crippen LogP contribution in [-0.4, -0.2) is 37.6 Å². The van der Waals surface area contributed by atoms with E-state index in [2.05, 4.69) is 11.8 Å². The second-order valence-corrected chi connectivity index (χ2v) is 2.59. The number of nitrogens with zero attached hydrogens (tertiary/aromatic N) is 1. The molecule has 0 atom stereocenters. The van der Waals surface area contributed by atoms with Crippen LogP contribution in [0.15, 0.2) is 0 Å². The Morgan fingerprint density at radius 3 is 2.64 bits per heavy atom. The zero-order valence-electron chi connectivity index (χ0n) is 7.59. The third-order valence-electron chi connectivity index (χ3n) is 1.53. The van der Waals surface area contributed by atoms with Crippen molar-refractivity contribution in [3.8, 4) is 0 Å². The number of hydrogen-bond acceptors (Lipinski definition) is 3. The van der Waals surface area contributed by atoms with E-state index in [0.717, 1.165) is 19.5 Å². The molecule has 0 spiro atoms. The van der Waals surface area contributed by atoms with Crippen molar-refractivity contribution < 1.29 is 9.53 Å². The maximum Gasteiger partial charge on any atom is 0.302 e. The smallest absolute Gasteiger partial charge is 0.302 e. The van der Waals surface area contributed by atoms with Crippen LogP contribution in [0.4, 0.5) is 0 Å². The summed E-state index contributed by atoms with van der Waals surface area (Å²) in [5.41, 5.74) is 0. The molecular formula is C8H17NO2. The van der Waals surface area contributed by atoms with Crippen LogP contribution >= 0.6 is 0 Å². The summed E-state index contributed by atoms with van der Waals surface area (Å²) in [7, 11) is 2.05. The maximum absolute atomic E-state index is 10.3. The maximum atomic E-state index is 10.3. The summed E-state index contributed by atoms with van der Waals surface area (Å²) in [6.45, 7) is 6.11. The topological polar surface area (TPSA) is 29.5 Å². The first-order valence-corrected chi connectivity index (χ1v) is 3.98. The van der Waals surface area contributed by atoms with E-state index >= 15 is 0 Å². The fourth-order valence-corrected chi connectivity index (χ4v) is 0.708. The number of hydrogen-bond donors (Lipinski definition) is 0. The minimum atomic E-state index is -0.191. The number of rotatable bonds is 5. The fourth-order valence-electron chi connectivity index (χ4n) is 0.708. The highest BCUT2D eigenvalue weighted by atomic mass is 16.5. The van der Waals surface area contributed by atoms with Crippen LogP contribution in [0.3, 0.4) is 0 Å². The summed E-state index contributed by atoms with van der Waals surface area (Å²) >= 11 is 0. The summed E-state index contributed by atoms with van der Waals surface area (Å²) in [6, 6.07) is 0. The molecule has 3 heteroatoms. The van der Waals surface area contributed by atoms with Gasteiger partial charge < -0.3 is 9.64 Å². The first-order chi connectivity index (χ1) is 5.16. The lowest BCUT2D eigenvalue weighted by Crippen LogP contribution is -2.20. The van der Waals surface area contributed by atoms with Gasteiger partial charge in [-0.1, -0.05) is 6.92 Å². The molecule has 11 heavy (non-hydrogen) atoms. The van der Waals surface area contributed by atoms with Gasteiger partial charge in [0.05, 0.1) is 6.61 Å². The molecule has 0 N–H and O–H groups in total. The van der Waals surface area contributed by atoms with E-state index in [1.54, 1.807) is 0 Å². The molecule has 0 amide bonds. The summed E-state index contributed by atoms with van der Waals surface area (Å²) < 4.78 is 4.77. The molecular weight excluding hydrogens is 142 g/mol. The van der Waals surface area contributed by atoms with E-state index in [4.69, 9.17) is 4.74 Å². The third-order valence-corrected chi connectivity index (χ3v) is 1.53. The Kier molecular flexibility index (Phi) is 5.84. The second-order valence-electron chi connectivity index (χ2n) is 2.59. The van der Waals surface area contributed by atoms with E-state index in [1.807, 2.05) is 7.05 Å². The summed E-state index contributed by atoms with van der Waals surface area (Å²) in [5.74, 6) is -0.191.